The number of hydrogen-bond donors (Lipinski definition) is 1. The molecule has 0 saturated carbocycles. The van der Waals surface area contributed by atoms with E-state index in [-0.39, 0.29) is 6.04 Å². The van der Waals surface area contributed by atoms with Crippen molar-refractivity contribution >= 4 is 5.82 Å². The van der Waals surface area contributed by atoms with Crippen molar-refractivity contribution in [3.05, 3.63) is 41.3 Å². The topological polar surface area (TPSA) is 60.0 Å². The summed E-state index contributed by atoms with van der Waals surface area (Å²) in [4.78, 5) is 6.32. The number of aromatic nitrogens is 3. The molecule has 5 heteroatoms. The average Bonchev–Trinajstić information content (AvgIpc) is 2.71. The monoisotopic (exact) mass is 287 g/mol. The van der Waals surface area contributed by atoms with Gasteiger partial charge in [-0.2, -0.15) is 5.10 Å². The number of rotatable bonds is 6. The molecule has 1 unspecified atom stereocenters. The summed E-state index contributed by atoms with van der Waals surface area (Å²) in [6.45, 7) is 5.03. The van der Waals surface area contributed by atoms with Gasteiger partial charge in [-0.25, -0.2) is 0 Å². The van der Waals surface area contributed by atoms with Crippen LogP contribution in [0.4, 0.5) is 5.82 Å². The van der Waals surface area contributed by atoms with E-state index in [4.69, 9.17) is 5.73 Å². The first-order valence-electron chi connectivity index (χ1n) is 7.37. The van der Waals surface area contributed by atoms with E-state index in [2.05, 4.69) is 41.1 Å². The predicted octanol–water partition coefficient (Wildman–Crippen LogP) is 1.69. The van der Waals surface area contributed by atoms with Crippen molar-refractivity contribution in [3.63, 3.8) is 0 Å². The highest BCUT2D eigenvalue weighted by Crippen LogP contribution is 2.23. The Morgan fingerprint density at radius 1 is 1.33 bits per heavy atom. The van der Waals surface area contributed by atoms with Crippen molar-refractivity contribution < 1.29 is 0 Å². The Balaban J connectivity index is 2.13. The van der Waals surface area contributed by atoms with E-state index in [1.54, 1.807) is 0 Å². The quantitative estimate of drug-likeness (QED) is 0.878. The van der Waals surface area contributed by atoms with Gasteiger partial charge in [0.05, 0.1) is 5.69 Å². The van der Waals surface area contributed by atoms with Gasteiger partial charge in [0, 0.05) is 44.6 Å². The number of nitrogens with two attached hydrogens (primary N) is 1. The molecule has 0 amide bonds. The number of hydrogen-bond acceptors (Lipinski definition) is 4. The molecule has 0 aliphatic rings. The first-order chi connectivity index (χ1) is 9.99. The molecule has 1 atom stereocenters. The lowest BCUT2D eigenvalue weighted by molar-refractivity contribution is 0.713. The van der Waals surface area contributed by atoms with Gasteiger partial charge in [0.2, 0.25) is 0 Å². The van der Waals surface area contributed by atoms with Crippen LogP contribution in [0.1, 0.15) is 23.7 Å². The molecule has 0 aromatic carbocycles. The van der Waals surface area contributed by atoms with E-state index in [0.717, 1.165) is 25.1 Å². The standard InChI is InChI=1S/C16H25N5/c1-12(17)11-15-13(2)19-21(4)16(15)20(3)10-7-14-5-8-18-9-6-14/h5-6,8-9,12H,7,10-11,17H2,1-4H3. The van der Waals surface area contributed by atoms with Crippen LogP contribution in [0.2, 0.25) is 0 Å². The van der Waals surface area contributed by atoms with Crippen molar-refractivity contribution in [1.29, 1.82) is 0 Å². The molecule has 0 bridgehead atoms. The molecule has 21 heavy (non-hydrogen) atoms. The smallest absolute Gasteiger partial charge is 0.129 e. The fourth-order valence-electron chi connectivity index (χ4n) is 2.68. The molecule has 0 aliphatic carbocycles. The summed E-state index contributed by atoms with van der Waals surface area (Å²) in [6.07, 6.45) is 5.52. The SMILES string of the molecule is Cc1nn(C)c(N(C)CCc2ccncc2)c1CC(C)N. The third-order valence-electron chi connectivity index (χ3n) is 3.69. The Kier molecular flexibility index (Phi) is 4.96. The Morgan fingerprint density at radius 2 is 2.00 bits per heavy atom. The van der Waals surface area contributed by atoms with Crippen molar-refractivity contribution in [2.75, 3.05) is 18.5 Å². The highest BCUT2D eigenvalue weighted by atomic mass is 15.4. The lowest BCUT2D eigenvalue weighted by Crippen LogP contribution is -2.26. The van der Waals surface area contributed by atoms with Crippen LogP contribution in [0.5, 0.6) is 0 Å². The summed E-state index contributed by atoms with van der Waals surface area (Å²) in [5, 5.41) is 4.55. The van der Waals surface area contributed by atoms with Crippen LogP contribution < -0.4 is 10.6 Å². The van der Waals surface area contributed by atoms with Gasteiger partial charge in [0.1, 0.15) is 5.82 Å². The number of aryl methyl sites for hydroxylation is 2. The molecule has 2 heterocycles. The first-order valence-corrected chi connectivity index (χ1v) is 7.37. The zero-order chi connectivity index (χ0) is 15.4. The Labute approximate surface area is 126 Å². The highest BCUT2D eigenvalue weighted by molar-refractivity contribution is 5.50. The van der Waals surface area contributed by atoms with E-state index < -0.39 is 0 Å². The molecule has 2 rings (SSSR count). The summed E-state index contributed by atoms with van der Waals surface area (Å²) in [5.74, 6) is 1.17. The fourth-order valence-corrected chi connectivity index (χ4v) is 2.68. The molecule has 2 aromatic heterocycles. The maximum Gasteiger partial charge on any atom is 0.129 e. The molecule has 5 nitrogen and oxygen atoms in total. The maximum atomic E-state index is 5.97. The number of nitrogens with zero attached hydrogens (tertiary/aromatic N) is 4. The van der Waals surface area contributed by atoms with Crippen molar-refractivity contribution in [1.82, 2.24) is 14.8 Å². The van der Waals surface area contributed by atoms with E-state index in [1.807, 2.05) is 31.0 Å². The molecule has 0 fully saturated rings. The first kappa shape index (κ1) is 15.5. The van der Waals surface area contributed by atoms with Crippen LogP contribution in [0.25, 0.3) is 0 Å². The third kappa shape index (κ3) is 3.82. The predicted molar refractivity (Wildman–Crippen MR) is 86.5 cm³/mol. The lowest BCUT2D eigenvalue weighted by atomic mass is 10.1. The molecule has 0 radical (unpaired) electrons. The molecule has 2 aromatic rings. The van der Waals surface area contributed by atoms with Gasteiger partial charge in [-0.15, -0.1) is 0 Å². The Hall–Kier alpha value is -1.88. The Bertz CT molecular complexity index is 574. The van der Waals surface area contributed by atoms with Crippen LogP contribution in [-0.4, -0.2) is 34.4 Å². The molecular formula is C16H25N5. The van der Waals surface area contributed by atoms with Gasteiger partial charge in [-0.1, -0.05) is 0 Å². The van der Waals surface area contributed by atoms with Crippen LogP contribution in [0.3, 0.4) is 0 Å². The van der Waals surface area contributed by atoms with Crippen LogP contribution >= 0.6 is 0 Å². The summed E-state index contributed by atoms with van der Waals surface area (Å²) in [5.41, 5.74) is 9.59. The zero-order valence-corrected chi connectivity index (χ0v) is 13.4. The highest BCUT2D eigenvalue weighted by Gasteiger charge is 2.17. The molecule has 0 saturated heterocycles. The van der Waals surface area contributed by atoms with Gasteiger partial charge in [0.15, 0.2) is 0 Å². The van der Waals surface area contributed by atoms with Gasteiger partial charge in [-0.3, -0.25) is 9.67 Å². The minimum Gasteiger partial charge on any atom is -0.359 e. The van der Waals surface area contributed by atoms with E-state index in [1.165, 1.54) is 16.9 Å². The van der Waals surface area contributed by atoms with E-state index >= 15 is 0 Å². The maximum absolute atomic E-state index is 5.97. The zero-order valence-electron chi connectivity index (χ0n) is 13.4. The second kappa shape index (κ2) is 6.72. The fraction of sp³-hybridized carbons (Fsp3) is 0.500. The second-order valence-corrected chi connectivity index (χ2v) is 5.72. The number of likely N-dealkylation sites (N-methyl/N-ethyl adjacent to an activating group) is 1. The number of pyridine rings is 1. The Morgan fingerprint density at radius 3 is 2.62 bits per heavy atom. The minimum atomic E-state index is 0.139. The van der Waals surface area contributed by atoms with Crippen LogP contribution in [0.15, 0.2) is 24.5 Å². The van der Waals surface area contributed by atoms with Crippen molar-refractivity contribution in [2.45, 2.75) is 32.7 Å². The van der Waals surface area contributed by atoms with E-state index in [0.29, 0.717) is 0 Å². The number of anilines is 1. The molecule has 114 valence electrons. The summed E-state index contributed by atoms with van der Waals surface area (Å²) in [7, 11) is 4.11. The van der Waals surface area contributed by atoms with Gasteiger partial charge < -0.3 is 10.6 Å². The van der Waals surface area contributed by atoms with Gasteiger partial charge in [-0.05, 0) is 44.4 Å². The third-order valence-corrected chi connectivity index (χ3v) is 3.69. The summed E-state index contributed by atoms with van der Waals surface area (Å²) < 4.78 is 1.96. The van der Waals surface area contributed by atoms with Crippen molar-refractivity contribution in [2.24, 2.45) is 12.8 Å². The van der Waals surface area contributed by atoms with Gasteiger partial charge in [0.25, 0.3) is 0 Å². The molecule has 2 N–H and O–H groups in total. The average molecular weight is 287 g/mol. The molecule has 0 spiro atoms. The van der Waals surface area contributed by atoms with Crippen LogP contribution in [0, 0.1) is 6.92 Å². The molecular weight excluding hydrogens is 262 g/mol. The minimum absolute atomic E-state index is 0.139. The second-order valence-electron chi connectivity index (χ2n) is 5.72. The molecule has 0 aliphatic heterocycles. The largest absolute Gasteiger partial charge is 0.359 e. The van der Waals surface area contributed by atoms with Gasteiger partial charge >= 0.3 is 0 Å². The van der Waals surface area contributed by atoms with Crippen molar-refractivity contribution in [3.8, 4) is 0 Å². The lowest BCUT2D eigenvalue weighted by Gasteiger charge is -2.21. The normalized spacial score (nSPS) is 12.4. The summed E-state index contributed by atoms with van der Waals surface area (Å²) in [6, 6.07) is 4.26. The summed E-state index contributed by atoms with van der Waals surface area (Å²) >= 11 is 0. The van der Waals surface area contributed by atoms with Crippen LogP contribution in [-0.2, 0) is 19.9 Å². The van der Waals surface area contributed by atoms with E-state index in [9.17, 15) is 0 Å².